The first-order chi connectivity index (χ1) is 17.9. The zero-order valence-corrected chi connectivity index (χ0v) is 21.5. The average molecular weight is 541 g/mol. The molecule has 1 heterocycles. The lowest BCUT2D eigenvalue weighted by atomic mass is 10.0. The van der Waals surface area contributed by atoms with Crippen molar-refractivity contribution in [2.75, 3.05) is 13.2 Å². The number of aromatic nitrogens is 1. The first-order valence-electron chi connectivity index (χ1n) is 11.6. The maximum Gasteiger partial charge on any atom is 0.333 e. The van der Waals surface area contributed by atoms with Crippen molar-refractivity contribution in [3.8, 4) is 5.75 Å². The van der Waals surface area contributed by atoms with Crippen molar-refractivity contribution in [1.82, 2.24) is 4.57 Å². The summed E-state index contributed by atoms with van der Waals surface area (Å²) in [6.07, 6.45) is -0.622. The summed E-state index contributed by atoms with van der Waals surface area (Å²) in [6.45, 7) is 2.71. The summed E-state index contributed by atoms with van der Waals surface area (Å²) in [7, 11) is 0. The number of carboxylic acids is 1. The fraction of sp³-hybridized carbons (Fsp3) is 0.222. The SMILES string of the molecule is CCOC(Cc1ccc(OCCn2c(=O)sc3cc(C(=NO)c4cccc(Cl)c4)ccc32)cc1)C(=O)O. The number of aliphatic carboxylic acids is 1. The van der Waals surface area contributed by atoms with Gasteiger partial charge in [-0.25, -0.2) is 4.79 Å². The van der Waals surface area contributed by atoms with Crippen LogP contribution in [0.3, 0.4) is 0 Å². The number of nitrogens with zero attached hydrogens (tertiary/aromatic N) is 2. The molecule has 0 aliphatic heterocycles. The van der Waals surface area contributed by atoms with Gasteiger partial charge in [-0.15, -0.1) is 0 Å². The molecule has 10 heteroatoms. The van der Waals surface area contributed by atoms with E-state index in [1.165, 1.54) is 0 Å². The molecule has 1 aromatic heterocycles. The van der Waals surface area contributed by atoms with Crippen molar-refractivity contribution in [3.63, 3.8) is 0 Å². The summed E-state index contributed by atoms with van der Waals surface area (Å²) >= 11 is 7.19. The molecule has 0 saturated heterocycles. The van der Waals surface area contributed by atoms with Crippen molar-refractivity contribution in [1.29, 1.82) is 0 Å². The number of thiazole rings is 1. The van der Waals surface area contributed by atoms with E-state index in [9.17, 15) is 19.9 Å². The van der Waals surface area contributed by atoms with E-state index in [2.05, 4.69) is 5.16 Å². The molecule has 0 aliphatic carbocycles. The Labute approximate surface area is 222 Å². The summed E-state index contributed by atoms with van der Waals surface area (Å²) < 4.78 is 13.5. The monoisotopic (exact) mass is 540 g/mol. The second kappa shape index (κ2) is 12.1. The van der Waals surface area contributed by atoms with E-state index >= 15 is 0 Å². The van der Waals surface area contributed by atoms with E-state index < -0.39 is 12.1 Å². The topological polar surface area (TPSA) is 110 Å². The minimum Gasteiger partial charge on any atom is -0.492 e. The highest BCUT2D eigenvalue weighted by atomic mass is 35.5. The lowest BCUT2D eigenvalue weighted by Crippen LogP contribution is -2.26. The van der Waals surface area contributed by atoms with Crippen LogP contribution in [-0.4, -0.2) is 45.9 Å². The van der Waals surface area contributed by atoms with E-state index in [4.69, 9.17) is 21.1 Å². The fourth-order valence-corrected chi connectivity index (χ4v) is 5.10. The normalized spacial score (nSPS) is 12.5. The first kappa shape index (κ1) is 26.4. The van der Waals surface area contributed by atoms with Crippen LogP contribution in [0, 0.1) is 0 Å². The Bertz CT molecular complexity index is 1480. The van der Waals surface area contributed by atoms with Crippen LogP contribution in [0.2, 0.25) is 5.02 Å². The Morgan fingerprint density at radius 3 is 2.54 bits per heavy atom. The highest BCUT2D eigenvalue weighted by Crippen LogP contribution is 2.23. The third-order valence-corrected chi connectivity index (χ3v) is 6.89. The molecule has 3 aromatic carbocycles. The van der Waals surface area contributed by atoms with Crippen LogP contribution in [-0.2, 0) is 22.5 Å². The van der Waals surface area contributed by atoms with Gasteiger partial charge >= 0.3 is 10.8 Å². The third-order valence-electron chi connectivity index (χ3n) is 5.71. The van der Waals surface area contributed by atoms with Gasteiger partial charge in [-0.2, -0.15) is 0 Å². The number of ether oxygens (including phenoxy) is 2. The molecule has 1 atom stereocenters. The zero-order chi connectivity index (χ0) is 26.4. The number of carbonyl (C=O) groups is 1. The lowest BCUT2D eigenvalue weighted by molar-refractivity contribution is -0.149. The molecule has 192 valence electrons. The molecule has 1 unspecified atom stereocenters. The molecule has 8 nitrogen and oxygen atoms in total. The second-order valence-corrected chi connectivity index (χ2v) is 9.57. The number of benzene rings is 3. The van der Waals surface area contributed by atoms with E-state index in [1.807, 2.05) is 12.1 Å². The van der Waals surface area contributed by atoms with Crippen LogP contribution in [0.5, 0.6) is 5.75 Å². The average Bonchev–Trinajstić information content (AvgIpc) is 3.19. The van der Waals surface area contributed by atoms with Crippen LogP contribution >= 0.6 is 22.9 Å². The maximum atomic E-state index is 12.7. The Kier molecular flexibility index (Phi) is 8.60. The minimum atomic E-state index is -0.993. The van der Waals surface area contributed by atoms with E-state index in [0.717, 1.165) is 27.1 Å². The predicted octanol–water partition coefficient (Wildman–Crippen LogP) is 5.05. The zero-order valence-electron chi connectivity index (χ0n) is 20.0. The van der Waals surface area contributed by atoms with Gasteiger partial charge in [-0.05, 0) is 48.9 Å². The van der Waals surface area contributed by atoms with E-state index in [1.54, 1.807) is 66.1 Å². The number of oxime groups is 1. The van der Waals surface area contributed by atoms with Crippen molar-refractivity contribution < 1.29 is 24.6 Å². The molecule has 4 rings (SSSR count). The Balaban J connectivity index is 1.43. The predicted molar refractivity (Wildman–Crippen MR) is 144 cm³/mol. The molecule has 0 spiro atoms. The van der Waals surface area contributed by atoms with Crippen molar-refractivity contribution in [2.45, 2.75) is 26.0 Å². The standard InChI is InChI=1S/C27H25ClN2O6S/c1-2-35-23(26(31)32)14-17-6-9-21(10-7-17)36-13-12-30-22-11-8-19(16-24(22)37-27(30)33)25(29-34)18-4-3-5-20(28)15-18/h3-11,15-16,23,34H,2,12-14H2,1H3,(H,31,32). The quantitative estimate of drug-likeness (QED) is 0.156. The third kappa shape index (κ3) is 6.37. The van der Waals surface area contributed by atoms with E-state index in [-0.39, 0.29) is 17.9 Å². The summed E-state index contributed by atoms with van der Waals surface area (Å²) in [4.78, 5) is 23.8. The van der Waals surface area contributed by atoms with Gasteiger partial charge in [0.1, 0.15) is 18.1 Å². The Morgan fingerprint density at radius 1 is 1.11 bits per heavy atom. The highest BCUT2D eigenvalue weighted by molar-refractivity contribution is 7.16. The summed E-state index contributed by atoms with van der Waals surface area (Å²) in [5.74, 6) is -0.376. The molecule has 0 saturated carbocycles. The van der Waals surface area contributed by atoms with Gasteiger partial charge in [0.2, 0.25) is 0 Å². The molecule has 37 heavy (non-hydrogen) atoms. The first-order valence-corrected chi connectivity index (χ1v) is 12.8. The van der Waals surface area contributed by atoms with Gasteiger partial charge in [0.15, 0.2) is 6.10 Å². The largest absolute Gasteiger partial charge is 0.492 e. The molecule has 0 amide bonds. The smallest absolute Gasteiger partial charge is 0.333 e. The van der Waals surface area contributed by atoms with Crippen LogP contribution < -0.4 is 9.61 Å². The van der Waals surface area contributed by atoms with Crippen molar-refractivity contribution in [3.05, 3.63) is 98.1 Å². The molecule has 0 fully saturated rings. The fourth-order valence-electron chi connectivity index (χ4n) is 3.95. The molecule has 0 radical (unpaired) electrons. The summed E-state index contributed by atoms with van der Waals surface area (Å²) in [5.41, 5.74) is 3.28. The lowest BCUT2D eigenvalue weighted by Gasteiger charge is -2.13. The van der Waals surface area contributed by atoms with Gasteiger partial charge in [-0.1, -0.05) is 58.4 Å². The van der Waals surface area contributed by atoms with Crippen molar-refractivity contribution in [2.24, 2.45) is 5.16 Å². The van der Waals surface area contributed by atoms with Crippen LogP contribution in [0.1, 0.15) is 23.6 Å². The van der Waals surface area contributed by atoms with Crippen LogP contribution in [0.15, 0.2) is 76.7 Å². The van der Waals surface area contributed by atoms with Gasteiger partial charge in [0.25, 0.3) is 0 Å². The molecule has 0 bridgehead atoms. The minimum absolute atomic E-state index is 0.119. The Hall–Kier alpha value is -3.66. The highest BCUT2D eigenvalue weighted by Gasteiger charge is 2.18. The van der Waals surface area contributed by atoms with Gasteiger partial charge < -0.3 is 19.8 Å². The number of hydrogen-bond acceptors (Lipinski definition) is 7. The number of halogens is 1. The molecular formula is C27H25ClN2O6S. The summed E-state index contributed by atoms with van der Waals surface area (Å²) in [6, 6.07) is 19.6. The summed E-state index contributed by atoms with van der Waals surface area (Å²) in [5, 5.41) is 22.8. The maximum absolute atomic E-state index is 12.7. The molecule has 2 N–H and O–H groups in total. The number of fused-ring (bicyclic) bond motifs is 1. The van der Waals surface area contributed by atoms with Gasteiger partial charge in [0.05, 0.1) is 16.8 Å². The number of carboxylic acid groups (broad SMARTS) is 1. The Morgan fingerprint density at radius 2 is 1.86 bits per heavy atom. The van der Waals surface area contributed by atoms with Crippen molar-refractivity contribution >= 4 is 44.8 Å². The molecule has 0 aliphatic rings. The van der Waals surface area contributed by atoms with Gasteiger partial charge in [-0.3, -0.25) is 9.36 Å². The molecule has 4 aromatic rings. The number of rotatable bonds is 11. The van der Waals surface area contributed by atoms with Gasteiger partial charge in [0, 0.05) is 29.2 Å². The van der Waals surface area contributed by atoms with E-state index in [0.29, 0.717) is 40.8 Å². The second-order valence-electron chi connectivity index (χ2n) is 8.14. The van der Waals surface area contributed by atoms with Crippen LogP contribution in [0.4, 0.5) is 0 Å². The van der Waals surface area contributed by atoms with Crippen LogP contribution in [0.25, 0.3) is 10.2 Å². The molecular weight excluding hydrogens is 516 g/mol. The number of hydrogen-bond donors (Lipinski definition) is 2.